The van der Waals surface area contributed by atoms with E-state index >= 15 is 0 Å². The molecule has 0 unspecified atom stereocenters. The number of aromatic nitrogens is 2. The van der Waals surface area contributed by atoms with Gasteiger partial charge in [-0.25, -0.2) is 4.68 Å². The van der Waals surface area contributed by atoms with Crippen molar-refractivity contribution in [2.24, 2.45) is 5.73 Å². The number of ketones is 1. The van der Waals surface area contributed by atoms with Gasteiger partial charge in [0.1, 0.15) is 28.9 Å². The molecule has 1 atom stereocenters. The Labute approximate surface area is 155 Å². The first kappa shape index (κ1) is 17.1. The summed E-state index contributed by atoms with van der Waals surface area (Å²) >= 11 is 0. The second-order valence-electron chi connectivity index (χ2n) is 6.52. The quantitative estimate of drug-likeness (QED) is 0.855. The van der Waals surface area contributed by atoms with Gasteiger partial charge in [0, 0.05) is 23.3 Å². The third kappa shape index (κ3) is 2.64. The van der Waals surface area contributed by atoms with Crippen molar-refractivity contribution >= 4 is 17.5 Å². The summed E-state index contributed by atoms with van der Waals surface area (Å²) in [7, 11) is 3.15. The zero-order valence-corrected chi connectivity index (χ0v) is 15.1. The molecule has 140 valence electrons. The first-order chi connectivity index (χ1) is 13.0. The van der Waals surface area contributed by atoms with E-state index in [4.69, 9.17) is 15.2 Å². The lowest BCUT2D eigenvalue weighted by atomic mass is 9.85. The summed E-state index contributed by atoms with van der Waals surface area (Å²) in [6.07, 6.45) is 3.37. The van der Waals surface area contributed by atoms with E-state index in [-0.39, 0.29) is 11.3 Å². The van der Waals surface area contributed by atoms with E-state index in [2.05, 4.69) is 10.4 Å². The van der Waals surface area contributed by atoms with Crippen molar-refractivity contribution in [2.75, 3.05) is 19.5 Å². The van der Waals surface area contributed by atoms with Crippen LogP contribution in [0.1, 0.15) is 41.2 Å². The molecule has 4 rings (SSSR count). The molecule has 0 saturated heterocycles. The standard InChI is InChI=1S/C19H20N4O4/c1-26-10-6-7-15(27-2)11(8-10)17-16-13(4-3-5-14(16)24)22-19-12(18(20)25)9-21-23(17)19/h6-9,17,22H,3-5H2,1-2H3,(H2,20,25)/t17-/m0/s1. The molecule has 1 aromatic carbocycles. The van der Waals surface area contributed by atoms with Gasteiger partial charge in [0.05, 0.1) is 20.4 Å². The lowest BCUT2D eigenvalue weighted by molar-refractivity contribution is -0.116. The average Bonchev–Trinajstić information content (AvgIpc) is 3.10. The number of anilines is 1. The van der Waals surface area contributed by atoms with E-state index in [0.717, 1.165) is 17.7 Å². The number of primary amides is 1. The van der Waals surface area contributed by atoms with Gasteiger partial charge in [-0.05, 0) is 31.0 Å². The van der Waals surface area contributed by atoms with Crippen LogP contribution in [0.4, 0.5) is 5.82 Å². The van der Waals surface area contributed by atoms with Crippen LogP contribution in [0.25, 0.3) is 0 Å². The topological polar surface area (TPSA) is 108 Å². The van der Waals surface area contributed by atoms with Crippen LogP contribution in [-0.4, -0.2) is 35.7 Å². The lowest BCUT2D eigenvalue weighted by Crippen LogP contribution is -2.32. The molecule has 1 aromatic heterocycles. The lowest BCUT2D eigenvalue weighted by Gasteiger charge is -2.34. The molecule has 2 aliphatic rings. The largest absolute Gasteiger partial charge is 0.497 e. The number of Topliss-reactive ketones (excluding diaryl/α,β-unsaturated/α-hetero) is 1. The SMILES string of the molecule is COc1ccc(OC)c([C@H]2C3=C(CCCC3=O)Nc3c(C(N)=O)cnn32)c1. The predicted octanol–water partition coefficient (Wildman–Crippen LogP) is 2.02. The van der Waals surface area contributed by atoms with E-state index < -0.39 is 11.9 Å². The maximum atomic E-state index is 12.8. The van der Waals surface area contributed by atoms with Crippen molar-refractivity contribution < 1.29 is 19.1 Å². The Bertz CT molecular complexity index is 976. The van der Waals surface area contributed by atoms with Crippen molar-refractivity contribution in [1.29, 1.82) is 0 Å². The third-order valence-electron chi connectivity index (χ3n) is 5.04. The van der Waals surface area contributed by atoms with Crippen LogP contribution < -0.4 is 20.5 Å². The van der Waals surface area contributed by atoms with Crippen molar-refractivity contribution in [3.05, 3.63) is 46.8 Å². The molecule has 3 N–H and O–H groups in total. The maximum Gasteiger partial charge on any atom is 0.254 e. The highest BCUT2D eigenvalue weighted by Gasteiger charge is 2.38. The minimum absolute atomic E-state index is 0.0559. The van der Waals surface area contributed by atoms with Crippen LogP contribution >= 0.6 is 0 Å². The Morgan fingerprint density at radius 2 is 2.11 bits per heavy atom. The first-order valence-corrected chi connectivity index (χ1v) is 8.67. The van der Waals surface area contributed by atoms with Crippen molar-refractivity contribution in [1.82, 2.24) is 9.78 Å². The number of hydrogen-bond acceptors (Lipinski definition) is 6. The number of hydrogen-bond donors (Lipinski definition) is 2. The maximum absolute atomic E-state index is 12.8. The van der Waals surface area contributed by atoms with E-state index in [9.17, 15) is 9.59 Å². The summed E-state index contributed by atoms with van der Waals surface area (Å²) < 4.78 is 12.5. The minimum Gasteiger partial charge on any atom is -0.497 e. The molecular weight excluding hydrogens is 348 g/mol. The molecule has 0 saturated carbocycles. The summed E-state index contributed by atoms with van der Waals surface area (Å²) in [6, 6.07) is 4.89. The van der Waals surface area contributed by atoms with Gasteiger partial charge < -0.3 is 20.5 Å². The highest BCUT2D eigenvalue weighted by molar-refractivity contribution is 6.02. The number of rotatable bonds is 4. The molecule has 8 nitrogen and oxygen atoms in total. The third-order valence-corrected chi connectivity index (χ3v) is 5.04. The van der Waals surface area contributed by atoms with E-state index in [1.165, 1.54) is 6.20 Å². The Hall–Kier alpha value is -3.29. The molecule has 27 heavy (non-hydrogen) atoms. The summed E-state index contributed by atoms with van der Waals surface area (Å²) in [5.74, 6) is 1.21. The van der Waals surface area contributed by atoms with Gasteiger partial charge in [0.2, 0.25) is 0 Å². The summed E-state index contributed by atoms with van der Waals surface area (Å²) in [5.41, 5.74) is 7.97. The molecule has 0 radical (unpaired) electrons. The Morgan fingerprint density at radius 1 is 1.30 bits per heavy atom. The molecular formula is C19H20N4O4. The molecule has 2 heterocycles. The number of ether oxygens (including phenoxy) is 2. The van der Waals surface area contributed by atoms with Crippen molar-refractivity contribution in [3.8, 4) is 11.5 Å². The minimum atomic E-state index is -0.578. The molecule has 0 fully saturated rings. The first-order valence-electron chi connectivity index (χ1n) is 8.67. The molecule has 1 aliphatic carbocycles. The van der Waals surface area contributed by atoms with Crippen LogP contribution in [0.3, 0.4) is 0 Å². The number of nitrogens with one attached hydrogen (secondary N) is 1. The number of amides is 1. The monoisotopic (exact) mass is 368 g/mol. The van der Waals surface area contributed by atoms with E-state index in [1.807, 2.05) is 6.07 Å². The number of nitrogens with two attached hydrogens (primary N) is 1. The second-order valence-corrected chi connectivity index (χ2v) is 6.52. The van der Waals surface area contributed by atoms with Crippen molar-refractivity contribution in [3.63, 3.8) is 0 Å². The molecule has 0 bridgehead atoms. The van der Waals surface area contributed by atoms with E-state index in [0.29, 0.717) is 35.7 Å². The van der Waals surface area contributed by atoms with Gasteiger partial charge in [-0.3, -0.25) is 9.59 Å². The van der Waals surface area contributed by atoms with Gasteiger partial charge in [-0.2, -0.15) is 5.10 Å². The molecule has 1 aliphatic heterocycles. The number of nitrogens with zero attached hydrogens (tertiary/aromatic N) is 2. The fraction of sp³-hybridized carbons (Fsp3) is 0.316. The Morgan fingerprint density at radius 3 is 2.81 bits per heavy atom. The van der Waals surface area contributed by atoms with Gasteiger partial charge >= 0.3 is 0 Å². The normalized spacial score (nSPS) is 18.4. The summed E-state index contributed by atoms with van der Waals surface area (Å²) in [5, 5.41) is 7.57. The fourth-order valence-corrected chi connectivity index (χ4v) is 3.78. The summed E-state index contributed by atoms with van der Waals surface area (Å²) in [4.78, 5) is 24.6. The Balaban J connectivity index is 1.98. The van der Waals surface area contributed by atoms with Gasteiger partial charge in [0.15, 0.2) is 5.78 Å². The highest BCUT2D eigenvalue weighted by Crippen LogP contribution is 2.44. The Kier molecular flexibility index (Phi) is 4.10. The number of fused-ring (bicyclic) bond motifs is 1. The predicted molar refractivity (Wildman–Crippen MR) is 97.9 cm³/mol. The van der Waals surface area contributed by atoms with Crippen LogP contribution in [0, 0.1) is 0 Å². The zero-order chi connectivity index (χ0) is 19.1. The van der Waals surface area contributed by atoms with Gasteiger partial charge in [-0.1, -0.05) is 0 Å². The van der Waals surface area contributed by atoms with Crippen LogP contribution in [0.5, 0.6) is 11.5 Å². The number of methoxy groups -OCH3 is 2. The number of carbonyl (C=O) groups is 2. The van der Waals surface area contributed by atoms with Crippen LogP contribution in [0.15, 0.2) is 35.7 Å². The van der Waals surface area contributed by atoms with Gasteiger partial charge in [0.25, 0.3) is 5.91 Å². The van der Waals surface area contributed by atoms with Gasteiger partial charge in [-0.15, -0.1) is 0 Å². The number of allylic oxidation sites excluding steroid dienone is 2. The second kappa shape index (κ2) is 6.46. The smallest absolute Gasteiger partial charge is 0.254 e. The molecule has 1 amide bonds. The highest BCUT2D eigenvalue weighted by atomic mass is 16.5. The number of carbonyl (C=O) groups excluding carboxylic acids is 2. The molecule has 2 aromatic rings. The summed E-state index contributed by atoms with van der Waals surface area (Å²) in [6.45, 7) is 0. The fourth-order valence-electron chi connectivity index (χ4n) is 3.78. The van der Waals surface area contributed by atoms with Crippen LogP contribution in [-0.2, 0) is 4.79 Å². The number of benzene rings is 1. The van der Waals surface area contributed by atoms with Crippen molar-refractivity contribution in [2.45, 2.75) is 25.3 Å². The van der Waals surface area contributed by atoms with E-state index in [1.54, 1.807) is 31.0 Å². The molecule has 8 heteroatoms. The van der Waals surface area contributed by atoms with Crippen LogP contribution in [0.2, 0.25) is 0 Å². The molecule has 0 spiro atoms. The zero-order valence-electron chi connectivity index (χ0n) is 15.1. The average molecular weight is 368 g/mol.